The molecule has 0 saturated carbocycles. The van der Waals surface area contributed by atoms with Crippen LogP contribution in [0.25, 0.3) is 5.57 Å². The highest BCUT2D eigenvalue weighted by molar-refractivity contribution is 5.70. The van der Waals surface area contributed by atoms with Gasteiger partial charge in [0.15, 0.2) is 0 Å². The molecule has 1 aliphatic heterocycles. The molecule has 88 valence electrons. The van der Waals surface area contributed by atoms with Crippen LogP contribution in [0.3, 0.4) is 0 Å². The van der Waals surface area contributed by atoms with Crippen molar-refractivity contribution < 1.29 is 4.74 Å². The highest BCUT2D eigenvalue weighted by Crippen LogP contribution is 2.37. The Morgan fingerprint density at radius 3 is 2.50 bits per heavy atom. The van der Waals surface area contributed by atoms with Gasteiger partial charge >= 0.3 is 0 Å². The Hall–Kier alpha value is -1.08. The molecule has 1 aromatic carbocycles. The van der Waals surface area contributed by atoms with Gasteiger partial charge in [-0.25, -0.2) is 0 Å². The molecule has 16 heavy (non-hydrogen) atoms. The Kier molecular flexibility index (Phi) is 4.31. The molecule has 2 rings (SSSR count). The Labute approximate surface area is 99.1 Å². The van der Waals surface area contributed by atoms with Gasteiger partial charge in [0.25, 0.3) is 0 Å². The molecular formula is C15H22O. The van der Waals surface area contributed by atoms with Crippen LogP contribution in [0.4, 0.5) is 0 Å². The van der Waals surface area contributed by atoms with E-state index in [1.165, 1.54) is 16.7 Å². The first-order chi connectivity index (χ1) is 7.61. The predicted molar refractivity (Wildman–Crippen MR) is 70.3 cm³/mol. The van der Waals surface area contributed by atoms with E-state index in [9.17, 15) is 0 Å². The van der Waals surface area contributed by atoms with Crippen molar-refractivity contribution in [1.29, 1.82) is 0 Å². The molecule has 0 bridgehead atoms. The van der Waals surface area contributed by atoms with Gasteiger partial charge in [-0.1, -0.05) is 58.5 Å². The Morgan fingerprint density at radius 1 is 1.19 bits per heavy atom. The number of hydrogen-bond acceptors (Lipinski definition) is 1. The van der Waals surface area contributed by atoms with E-state index in [1.54, 1.807) is 0 Å². The minimum Gasteiger partial charge on any atom is -0.376 e. The molecule has 0 atom stereocenters. The highest BCUT2D eigenvalue weighted by Gasteiger charge is 2.27. The summed E-state index contributed by atoms with van der Waals surface area (Å²) in [5.41, 5.74) is 3.75. The van der Waals surface area contributed by atoms with Gasteiger partial charge in [-0.3, -0.25) is 0 Å². The van der Waals surface area contributed by atoms with Crippen LogP contribution < -0.4 is 0 Å². The third-order valence-corrected chi connectivity index (χ3v) is 2.88. The van der Waals surface area contributed by atoms with Crippen LogP contribution in [-0.2, 0) is 11.3 Å². The van der Waals surface area contributed by atoms with E-state index in [1.807, 2.05) is 19.9 Å². The summed E-state index contributed by atoms with van der Waals surface area (Å²) in [5, 5.41) is 0. The molecular weight excluding hydrogens is 196 g/mol. The predicted octanol–water partition coefficient (Wildman–Crippen LogP) is 4.28. The normalized spacial score (nSPS) is 17.9. The summed E-state index contributed by atoms with van der Waals surface area (Å²) in [7, 11) is 0. The fourth-order valence-electron chi connectivity index (χ4n) is 1.81. The summed E-state index contributed by atoms with van der Waals surface area (Å²) in [6, 6.07) is 8.36. The van der Waals surface area contributed by atoms with E-state index in [0.29, 0.717) is 6.61 Å². The number of benzene rings is 1. The average molecular weight is 218 g/mol. The molecule has 0 spiro atoms. The molecule has 0 saturated heterocycles. The maximum atomic E-state index is 5.65. The van der Waals surface area contributed by atoms with E-state index in [2.05, 4.69) is 38.6 Å². The molecule has 0 radical (unpaired) electrons. The lowest BCUT2D eigenvalue weighted by Gasteiger charge is -2.24. The zero-order valence-electron chi connectivity index (χ0n) is 10.8. The summed E-state index contributed by atoms with van der Waals surface area (Å²) < 4.78 is 5.65. The van der Waals surface area contributed by atoms with E-state index >= 15 is 0 Å². The zero-order valence-corrected chi connectivity index (χ0v) is 10.8. The first kappa shape index (κ1) is 13.0. The Morgan fingerprint density at radius 2 is 1.81 bits per heavy atom. The van der Waals surface area contributed by atoms with Crippen molar-refractivity contribution in [3.63, 3.8) is 0 Å². The van der Waals surface area contributed by atoms with Crippen molar-refractivity contribution in [1.82, 2.24) is 0 Å². The lowest BCUT2D eigenvalue weighted by Crippen LogP contribution is -2.18. The SMILES string of the molecule is C=C1c2ccccc2COCC1(C)C.CC. The van der Waals surface area contributed by atoms with Crippen molar-refractivity contribution in [3.05, 3.63) is 42.0 Å². The number of fused-ring (bicyclic) bond motifs is 1. The monoisotopic (exact) mass is 218 g/mol. The van der Waals surface area contributed by atoms with Crippen molar-refractivity contribution in [2.45, 2.75) is 34.3 Å². The zero-order chi connectivity index (χ0) is 12.2. The third-order valence-electron chi connectivity index (χ3n) is 2.88. The molecule has 1 heterocycles. The van der Waals surface area contributed by atoms with Crippen molar-refractivity contribution in [3.8, 4) is 0 Å². The van der Waals surface area contributed by atoms with Crippen LogP contribution in [0.2, 0.25) is 0 Å². The van der Waals surface area contributed by atoms with Gasteiger partial charge in [0.2, 0.25) is 0 Å². The minimum atomic E-state index is 0.0482. The maximum Gasteiger partial charge on any atom is 0.0723 e. The first-order valence-corrected chi connectivity index (χ1v) is 5.97. The minimum absolute atomic E-state index is 0.0482. The van der Waals surface area contributed by atoms with E-state index < -0.39 is 0 Å². The van der Waals surface area contributed by atoms with Gasteiger partial charge in [0.05, 0.1) is 13.2 Å². The molecule has 1 aromatic rings. The lowest BCUT2D eigenvalue weighted by atomic mass is 9.81. The van der Waals surface area contributed by atoms with E-state index in [-0.39, 0.29) is 5.41 Å². The van der Waals surface area contributed by atoms with Crippen LogP contribution in [-0.4, -0.2) is 6.61 Å². The second kappa shape index (κ2) is 5.31. The highest BCUT2D eigenvalue weighted by atomic mass is 16.5. The topological polar surface area (TPSA) is 9.23 Å². The van der Waals surface area contributed by atoms with Crippen LogP contribution in [0.5, 0.6) is 0 Å². The summed E-state index contributed by atoms with van der Waals surface area (Å²) in [4.78, 5) is 0. The number of ether oxygens (including phenoxy) is 1. The van der Waals surface area contributed by atoms with Crippen molar-refractivity contribution >= 4 is 5.57 Å². The summed E-state index contributed by atoms with van der Waals surface area (Å²) in [6.45, 7) is 14.0. The second-order valence-electron chi connectivity index (χ2n) is 4.51. The summed E-state index contributed by atoms with van der Waals surface area (Å²) >= 11 is 0. The van der Waals surface area contributed by atoms with E-state index in [4.69, 9.17) is 4.74 Å². The smallest absolute Gasteiger partial charge is 0.0723 e. The quantitative estimate of drug-likeness (QED) is 0.631. The van der Waals surface area contributed by atoms with Gasteiger partial charge < -0.3 is 4.74 Å². The standard InChI is InChI=1S/C13H16O.C2H6/c1-10-12-7-5-4-6-11(12)8-14-9-13(10,2)3;1-2/h4-7H,1,8-9H2,2-3H3;1-2H3. The van der Waals surface area contributed by atoms with Gasteiger partial charge in [0, 0.05) is 5.41 Å². The number of rotatable bonds is 0. The molecule has 0 unspecified atom stereocenters. The van der Waals surface area contributed by atoms with Gasteiger partial charge in [-0.2, -0.15) is 0 Å². The fraction of sp³-hybridized carbons (Fsp3) is 0.467. The molecule has 0 aliphatic carbocycles. The molecule has 1 heteroatoms. The Balaban J connectivity index is 0.000000606. The van der Waals surface area contributed by atoms with Gasteiger partial charge in [0.1, 0.15) is 0 Å². The van der Waals surface area contributed by atoms with E-state index in [0.717, 1.165) is 6.61 Å². The van der Waals surface area contributed by atoms with Crippen LogP contribution in [0.1, 0.15) is 38.8 Å². The molecule has 1 nitrogen and oxygen atoms in total. The van der Waals surface area contributed by atoms with Crippen molar-refractivity contribution in [2.75, 3.05) is 6.61 Å². The maximum absolute atomic E-state index is 5.65. The van der Waals surface area contributed by atoms with Crippen molar-refractivity contribution in [2.24, 2.45) is 5.41 Å². The number of hydrogen-bond donors (Lipinski definition) is 0. The van der Waals surface area contributed by atoms with Crippen LogP contribution in [0.15, 0.2) is 30.8 Å². The lowest BCUT2D eigenvalue weighted by molar-refractivity contribution is 0.0805. The molecule has 1 aliphatic rings. The second-order valence-corrected chi connectivity index (χ2v) is 4.51. The average Bonchev–Trinajstić information content (AvgIpc) is 2.41. The van der Waals surface area contributed by atoms with Crippen LogP contribution >= 0.6 is 0 Å². The fourth-order valence-corrected chi connectivity index (χ4v) is 1.81. The molecule has 0 amide bonds. The summed E-state index contributed by atoms with van der Waals surface area (Å²) in [6.07, 6.45) is 0. The third kappa shape index (κ3) is 2.53. The largest absolute Gasteiger partial charge is 0.376 e. The first-order valence-electron chi connectivity index (χ1n) is 5.97. The molecule has 0 N–H and O–H groups in total. The molecule has 0 aromatic heterocycles. The summed E-state index contributed by atoms with van der Waals surface area (Å²) in [5.74, 6) is 0. The van der Waals surface area contributed by atoms with Gasteiger partial charge in [-0.05, 0) is 16.7 Å². The molecule has 0 fully saturated rings. The van der Waals surface area contributed by atoms with Crippen LogP contribution in [0, 0.1) is 5.41 Å². The Bertz CT molecular complexity index is 363. The van der Waals surface area contributed by atoms with Gasteiger partial charge in [-0.15, -0.1) is 0 Å².